The maximum atomic E-state index is 13.5. The zero-order chi connectivity index (χ0) is 20.5. The van der Waals surface area contributed by atoms with Crippen LogP contribution in [0, 0.1) is 5.92 Å². The average Bonchev–Trinajstić information content (AvgIpc) is 3.02. The summed E-state index contributed by atoms with van der Waals surface area (Å²) in [5.74, 6) is 0.210. The highest BCUT2D eigenvalue weighted by atomic mass is 79.9. The van der Waals surface area contributed by atoms with Crippen LogP contribution < -0.4 is 0 Å². The fourth-order valence-electron chi connectivity index (χ4n) is 4.90. The van der Waals surface area contributed by atoms with E-state index in [0.29, 0.717) is 17.9 Å². The van der Waals surface area contributed by atoms with E-state index >= 15 is 0 Å². The largest absolute Gasteiger partial charge is 0.483 e. The van der Waals surface area contributed by atoms with Crippen molar-refractivity contribution in [3.8, 4) is 0 Å². The normalized spacial score (nSPS) is 26.6. The molecule has 1 aliphatic carbocycles. The van der Waals surface area contributed by atoms with Gasteiger partial charge in [-0.15, -0.1) is 0 Å². The Labute approximate surface area is 181 Å². The number of ketones is 1. The molecule has 2 aliphatic heterocycles. The molecule has 4 rings (SSSR count). The lowest BCUT2D eigenvalue weighted by atomic mass is 9.77. The third-order valence-electron chi connectivity index (χ3n) is 6.60. The van der Waals surface area contributed by atoms with Crippen molar-refractivity contribution in [3.63, 3.8) is 0 Å². The zero-order valence-electron chi connectivity index (χ0n) is 17.2. The summed E-state index contributed by atoms with van der Waals surface area (Å²) in [6, 6.07) is 7.60. The van der Waals surface area contributed by atoms with Crippen LogP contribution in [0.15, 0.2) is 40.1 Å². The zero-order valence-corrected chi connectivity index (χ0v) is 18.8. The number of hydrogen-bond donors (Lipinski definition) is 0. The van der Waals surface area contributed by atoms with Gasteiger partial charge in [-0.1, -0.05) is 48.3 Å². The summed E-state index contributed by atoms with van der Waals surface area (Å²) in [6.07, 6.45) is 3.71. The van der Waals surface area contributed by atoms with Gasteiger partial charge in [-0.3, -0.25) is 9.59 Å². The third-order valence-corrected chi connectivity index (χ3v) is 7.12. The molecule has 156 valence electrons. The number of ether oxygens (including phenoxy) is 1. The summed E-state index contributed by atoms with van der Waals surface area (Å²) in [6.45, 7) is 7.50. The summed E-state index contributed by atoms with van der Waals surface area (Å²) in [7, 11) is 0. The monoisotopic (exact) mass is 460 g/mol. The van der Waals surface area contributed by atoms with Crippen molar-refractivity contribution >= 4 is 27.6 Å². The van der Waals surface area contributed by atoms with Crippen LogP contribution in [0.4, 0.5) is 0 Å². The molecule has 0 radical (unpaired) electrons. The van der Waals surface area contributed by atoms with Crippen molar-refractivity contribution in [3.05, 3.63) is 45.6 Å². The molecular formula is C23H29BrN2O3. The average molecular weight is 461 g/mol. The number of hydrogen-bond acceptors (Lipinski definition) is 4. The van der Waals surface area contributed by atoms with Gasteiger partial charge < -0.3 is 14.5 Å². The molecule has 1 aromatic carbocycles. The van der Waals surface area contributed by atoms with E-state index < -0.39 is 0 Å². The number of amides is 1. The predicted octanol–water partition coefficient (Wildman–Crippen LogP) is 4.09. The van der Waals surface area contributed by atoms with Gasteiger partial charge in [0.2, 0.25) is 0 Å². The molecule has 6 heteroatoms. The minimum Gasteiger partial charge on any atom is -0.483 e. The minimum absolute atomic E-state index is 0.101. The second-order valence-corrected chi connectivity index (χ2v) is 9.05. The first-order chi connectivity index (χ1) is 14.0. The molecule has 0 N–H and O–H groups in total. The van der Waals surface area contributed by atoms with Gasteiger partial charge in [0.25, 0.3) is 5.91 Å². The highest BCUT2D eigenvalue weighted by Crippen LogP contribution is 2.46. The Balaban J connectivity index is 1.70. The number of halogens is 1. The van der Waals surface area contributed by atoms with Crippen molar-refractivity contribution < 1.29 is 14.3 Å². The molecule has 0 saturated heterocycles. The molecule has 3 atom stereocenters. The van der Waals surface area contributed by atoms with Crippen molar-refractivity contribution in [2.45, 2.75) is 51.7 Å². The number of benzene rings is 1. The van der Waals surface area contributed by atoms with Gasteiger partial charge in [0.1, 0.15) is 6.10 Å². The first-order valence-corrected chi connectivity index (χ1v) is 11.6. The third kappa shape index (κ3) is 3.77. The van der Waals surface area contributed by atoms with Crippen LogP contribution in [0.3, 0.4) is 0 Å². The van der Waals surface area contributed by atoms with Gasteiger partial charge >= 0.3 is 0 Å². The summed E-state index contributed by atoms with van der Waals surface area (Å²) >= 11 is 3.48. The van der Waals surface area contributed by atoms with Crippen LogP contribution in [0.25, 0.3) is 0 Å². The van der Waals surface area contributed by atoms with Crippen LogP contribution in [0.2, 0.25) is 0 Å². The summed E-state index contributed by atoms with van der Waals surface area (Å²) < 4.78 is 7.19. The molecule has 0 aromatic heterocycles. The Morgan fingerprint density at radius 3 is 2.48 bits per heavy atom. The molecule has 3 aliphatic rings. The number of carbonyl (C=O) groups excluding carboxylic acids is 2. The number of nitrogens with zero attached hydrogens (tertiary/aromatic N) is 2. The van der Waals surface area contributed by atoms with Gasteiger partial charge in [-0.25, -0.2) is 0 Å². The molecule has 0 spiro atoms. The number of fused-ring (bicyclic) bond motifs is 1. The Morgan fingerprint density at radius 1 is 1.10 bits per heavy atom. The molecule has 0 bridgehead atoms. The lowest BCUT2D eigenvalue weighted by Gasteiger charge is -2.35. The van der Waals surface area contributed by atoms with Crippen molar-refractivity contribution in [2.24, 2.45) is 5.92 Å². The maximum absolute atomic E-state index is 13.5. The first-order valence-electron chi connectivity index (χ1n) is 10.8. The standard InChI is InChI=1S/C23H29BrN2O3/c1-3-25(4-2)13-14-26-20(15-9-11-16(24)12-10-15)19-21(27)17-7-5-6-8-18(17)29-22(19)23(26)28/h9-12,17-18,20H,3-8,13-14H2,1-2H3. The Kier molecular flexibility index (Phi) is 6.11. The Morgan fingerprint density at radius 2 is 1.79 bits per heavy atom. The molecule has 2 heterocycles. The number of Topliss-reactive ketones (excluding diaryl/α,β-unsaturated/α-hetero) is 1. The van der Waals surface area contributed by atoms with Gasteiger partial charge in [0.05, 0.1) is 17.5 Å². The van der Waals surface area contributed by atoms with Gasteiger partial charge in [0, 0.05) is 17.6 Å². The quantitative estimate of drug-likeness (QED) is 0.641. The lowest BCUT2D eigenvalue weighted by molar-refractivity contribution is -0.135. The number of rotatable bonds is 6. The van der Waals surface area contributed by atoms with Crippen LogP contribution in [0.5, 0.6) is 0 Å². The van der Waals surface area contributed by atoms with Gasteiger partial charge in [-0.05, 0) is 50.0 Å². The van der Waals surface area contributed by atoms with E-state index in [9.17, 15) is 9.59 Å². The maximum Gasteiger partial charge on any atom is 0.290 e. The van der Waals surface area contributed by atoms with E-state index in [4.69, 9.17) is 4.74 Å². The Hall–Kier alpha value is -1.66. The SMILES string of the molecule is CCN(CC)CCN1C(=O)C2=C(C(=O)C3CCCCC3O2)C1c1ccc(Br)cc1. The van der Waals surface area contributed by atoms with Gasteiger partial charge in [-0.2, -0.15) is 0 Å². The van der Waals surface area contributed by atoms with Crippen LogP contribution in [0.1, 0.15) is 51.1 Å². The molecule has 1 saturated carbocycles. The van der Waals surface area contributed by atoms with E-state index in [1.165, 1.54) is 0 Å². The smallest absolute Gasteiger partial charge is 0.290 e. The van der Waals surface area contributed by atoms with E-state index in [1.54, 1.807) is 0 Å². The predicted molar refractivity (Wildman–Crippen MR) is 115 cm³/mol. The molecular weight excluding hydrogens is 432 g/mol. The topological polar surface area (TPSA) is 49.9 Å². The van der Waals surface area contributed by atoms with Crippen molar-refractivity contribution in [2.75, 3.05) is 26.2 Å². The highest BCUT2D eigenvalue weighted by Gasteiger charge is 2.51. The second-order valence-electron chi connectivity index (χ2n) is 8.13. The fourth-order valence-corrected chi connectivity index (χ4v) is 5.17. The molecule has 5 nitrogen and oxygen atoms in total. The fraction of sp³-hybridized carbons (Fsp3) is 0.565. The van der Waals surface area contributed by atoms with Crippen molar-refractivity contribution in [1.82, 2.24) is 9.80 Å². The summed E-state index contributed by atoms with van der Waals surface area (Å²) in [5.41, 5.74) is 1.55. The highest BCUT2D eigenvalue weighted by molar-refractivity contribution is 9.10. The van der Waals surface area contributed by atoms with Crippen LogP contribution in [-0.2, 0) is 14.3 Å². The molecule has 1 aromatic rings. The summed E-state index contributed by atoms with van der Waals surface area (Å²) in [4.78, 5) is 31.0. The number of carbonyl (C=O) groups is 2. The van der Waals surface area contributed by atoms with E-state index in [0.717, 1.165) is 55.4 Å². The van der Waals surface area contributed by atoms with E-state index in [-0.39, 0.29) is 29.8 Å². The lowest BCUT2D eigenvalue weighted by Crippen LogP contribution is -2.39. The molecule has 3 unspecified atom stereocenters. The Bertz CT molecular complexity index is 816. The van der Waals surface area contributed by atoms with Gasteiger partial charge in [0.15, 0.2) is 11.5 Å². The molecule has 1 fully saturated rings. The molecule has 1 amide bonds. The van der Waals surface area contributed by atoms with E-state index in [1.807, 2.05) is 29.2 Å². The van der Waals surface area contributed by atoms with E-state index in [2.05, 4.69) is 34.7 Å². The minimum atomic E-state index is -0.350. The summed E-state index contributed by atoms with van der Waals surface area (Å²) in [5, 5.41) is 0. The second kappa shape index (κ2) is 8.60. The van der Waals surface area contributed by atoms with Crippen molar-refractivity contribution in [1.29, 1.82) is 0 Å². The van der Waals surface area contributed by atoms with Crippen LogP contribution >= 0.6 is 15.9 Å². The molecule has 29 heavy (non-hydrogen) atoms. The van der Waals surface area contributed by atoms with Crippen LogP contribution in [-0.4, -0.2) is 53.8 Å². The first kappa shape index (κ1) is 20.6. The number of likely N-dealkylation sites (N-methyl/N-ethyl adjacent to an activating group) is 1.